The van der Waals surface area contributed by atoms with Crippen LogP contribution < -0.4 is 10.2 Å². The van der Waals surface area contributed by atoms with E-state index in [9.17, 15) is 4.79 Å². The summed E-state index contributed by atoms with van der Waals surface area (Å²) in [6.45, 7) is 2.47. The fourth-order valence-electron chi connectivity index (χ4n) is 2.62. The summed E-state index contributed by atoms with van der Waals surface area (Å²) < 4.78 is 0. The molecule has 1 N–H and O–H groups in total. The summed E-state index contributed by atoms with van der Waals surface area (Å²) in [5.41, 5.74) is 1.01. The molecule has 3 rings (SSSR count). The van der Waals surface area contributed by atoms with Crippen molar-refractivity contribution in [3.05, 3.63) is 54.0 Å². The minimum Gasteiger partial charge on any atom is -0.357 e. The van der Waals surface area contributed by atoms with E-state index in [-0.39, 0.29) is 5.91 Å². The Morgan fingerprint density at radius 3 is 2.68 bits per heavy atom. The Balaban J connectivity index is 1.54. The van der Waals surface area contributed by atoms with Gasteiger partial charge in [-0.2, -0.15) is 0 Å². The summed E-state index contributed by atoms with van der Waals surface area (Å²) in [5, 5.41) is 2.88. The molecule has 0 atom stereocenters. The van der Waals surface area contributed by atoms with Crippen molar-refractivity contribution in [1.29, 1.82) is 0 Å². The third-order valence-corrected chi connectivity index (χ3v) is 3.77. The lowest BCUT2D eigenvalue weighted by molar-refractivity contribution is -0.120. The quantitative estimate of drug-likeness (QED) is 0.916. The standard InChI is InChI=1S/C17H20N4O/c22-17(12-14-6-2-1-3-7-14)19-13-15-18-9-8-16(20-15)21-10-4-5-11-21/h1-3,6-9H,4-5,10-13H2,(H,19,22). The van der Waals surface area contributed by atoms with Crippen LogP contribution in [0.5, 0.6) is 0 Å². The van der Waals surface area contributed by atoms with Crippen molar-refractivity contribution in [2.75, 3.05) is 18.0 Å². The molecule has 0 saturated carbocycles. The highest BCUT2D eigenvalue weighted by atomic mass is 16.1. The second-order valence-corrected chi connectivity index (χ2v) is 5.46. The van der Waals surface area contributed by atoms with Crippen LogP contribution in [0.1, 0.15) is 24.2 Å². The summed E-state index contributed by atoms with van der Waals surface area (Å²) in [4.78, 5) is 23.0. The lowest BCUT2D eigenvalue weighted by Gasteiger charge is -2.16. The second kappa shape index (κ2) is 7.02. The maximum absolute atomic E-state index is 11.9. The van der Waals surface area contributed by atoms with Gasteiger partial charge in [0.1, 0.15) is 11.6 Å². The van der Waals surface area contributed by atoms with E-state index >= 15 is 0 Å². The molecule has 1 saturated heterocycles. The summed E-state index contributed by atoms with van der Waals surface area (Å²) in [6, 6.07) is 11.6. The molecule has 1 fully saturated rings. The van der Waals surface area contributed by atoms with Crippen LogP contribution in [0.4, 0.5) is 5.82 Å². The Morgan fingerprint density at radius 2 is 1.91 bits per heavy atom. The molecule has 1 aromatic heterocycles. The molecule has 2 aromatic rings. The monoisotopic (exact) mass is 296 g/mol. The number of carbonyl (C=O) groups is 1. The molecule has 0 spiro atoms. The van der Waals surface area contributed by atoms with Crippen molar-refractivity contribution in [3.63, 3.8) is 0 Å². The van der Waals surface area contributed by atoms with Gasteiger partial charge in [0, 0.05) is 19.3 Å². The summed E-state index contributed by atoms with van der Waals surface area (Å²) in [5.74, 6) is 1.60. The fourth-order valence-corrected chi connectivity index (χ4v) is 2.62. The first-order valence-corrected chi connectivity index (χ1v) is 7.69. The van der Waals surface area contributed by atoms with Crippen molar-refractivity contribution in [2.45, 2.75) is 25.8 Å². The van der Waals surface area contributed by atoms with E-state index in [2.05, 4.69) is 20.2 Å². The van der Waals surface area contributed by atoms with Crippen molar-refractivity contribution >= 4 is 11.7 Å². The highest BCUT2D eigenvalue weighted by molar-refractivity contribution is 5.78. The van der Waals surface area contributed by atoms with Crippen molar-refractivity contribution < 1.29 is 4.79 Å². The van der Waals surface area contributed by atoms with E-state index in [4.69, 9.17) is 0 Å². The third kappa shape index (κ3) is 3.81. The van der Waals surface area contributed by atoms with Crippen LogP contribution in [0, 0.1) is 0 Å². The van der Waals surface area contributed by atoms with Crippen molar-refractivity contribution in [3.8, 4) is 0 Å². The lowest BCUT2D eigenvalue weighted by Crippen LogP contribution is -2.26. The first kappa shape index (κ1) is 14.5. The molecule has 5 nitrogen and oxygen atoms in total. The van der Waals surface area contributed by atoms with Gasteiger partial charge in [-0.15, -0.1) is 0 Å². The van der Waals surface area contributed by atoms with Crippen molar-refractivity contribution in [1.82, 2.24) is 15.3 Å². The number of carbonyl (C=O) groups excluding carboxylic acids is 1. The molecule has 0 radical (unpaired) electrons. The first-order chi connectivity index (χ1) is 10.8. The predicted octanol–water partition coefficient (Wildman–Crippen LogP) is 1.94. The van der Waals surface area contributed by atoms with Crippen LogP contribution in [-0.2, 0) is 17.8 Å². The lowest BCUT2D eigenvalue weighted by atomic mass is 10.1. The van der Waals surface area contributed by atoms with E-state index in [1.807, 2.05) is 36.4 Å². The molecule has 114 valence electrons. The topological polar surface area (TPSA) is 58.1 Å². The Labute approximate surface area is 130 Å². The number of benzene rings is 1. The Bertz CT molecular complexity index is 624. The van der Waals surface area contributed by atoms with Gasteiger partial charge in [0.05, 0.1) is 13.0 Å². The number of nitrogens with zero attached hydrogens (tertiary/aromatic N) is 3. The van der Waals surface area contributed by atoms with E-state index in [0.717, 1.165) is 24.5 Å². The van der Waals surface area contributed by atoms with Gasteiger partial charge in [0.25, 0.3) is 0 Å². The number of aromatic nitrogens is 2. The zero-order valence-corrected chi connectivity index (χ0v) is 12.5. The summed E-state index contributed by atoms with van der Waals surface area (Å²) in [6.07, 6.45) is 4.58. The van der Waals surface area contributed by atoms with Crippen LogP contribution in [0.25, 0.3) is 0 Å². The predicted molar refractivity (Wildman–Crippen MR) is 85.5 cm³/mol. The van der Waals surface area contributed by atoms with Gasteiger partial charge in [0.2, 0.25) is 5.91 Å². The number of amides is 1. The van der Waals surface area contributed by atoms with E-state index in [1.54, 1.807) is 6.20 Å². The van der Waals surface area contributed by atoms with Gasteiger partial charge < -0.3 is 10.2 Å². The summed E-state index contributed by atoms with van der Waals surface area (Å²) in [7, 11) is 0. The molecule has 2 heterocycles. The van der Waals surface area contributed by atoms with Gasteiger partial charge in [-0.3, -0.25) is 4.79 Å². The molecule has 1 amide bonds. The van der Waals surface area contributed by atoms with Crippen LogP contribution >= 0.6 is 0 Å². The molecular weight excluding hydrogens is 276 g/mol. The Morgan fingerprint density at radius 1 is 1.14 bits per heavy atom. The fraction of sp³-hybridized carbons (Fsp3) is 0.353. The van der Waals surface area contributed by atoms with Crippen LogP contribution in [-0.4, -0.2) is 29.0 Å². The number of hydrogen-bond acceptors (Lipinski definition) is 4. The van der Waals surface area contributed by atoms with Gasteiger partial charge in [-0.1, -0.05) is 30.3 Å². The molecule has 0 bridgehead atoms. The molecule has 0 aliphatic carbocycles. The number of hydrogen-bond donors (Lipinski definition) is 1. The van der Waals surface area contributed by atoms with Crippen LogP contribution in [0.2, 0.25) is 0 Å². The Hall–Kier alpha value is -2.43. The van der Waals surface area contributed by atoms with Gasteiger partial charge in [-0.25, -0.2) is 9.97 Å². The maximum Gasteiger partial charge on any atom is 0.224 e. The maximum atomic E-state index is 11.9. The Kier molecular flexibility index (Phi) is 4.63. The van der Waals surface area contributed by atoms with E-state index < -0.39 is 0 Å². The minimum absolute atomic E-state index is 0.0126. The molecule has 1 aliphatic rings. The average Bonchev–Trinajstić information content (AvgIpc) is 3.09. The van der Waals surface area contributed by atoms with Crippen LogP contribution in [0.3, 0.4) is 0 Å². The van der Waals surface area contributed by atoms with Crippen LogP contribution in [0.15, 0.2) is 42.6 Å². The molecule has 0 unspecified atom stereocenters. The molecular formula is C17H20N4O. The summed E-state index contributed by atoms with van der Waals surface area (Å²) >= 11 is 0. The van der Waals surface area contributed by atoms with Gasteiger partial charge >= 0.3 is 0 Å². The highest BCUT2D eigenvalue weighted by Gasteiger charge is 2.14. The second-order valence-electron chi connectivity index (χ2n) is 5.46. The molecule has 22 heavy (non-hydrogen) atoms. The minimum atomic E-state index is -0.0126. The number of rotatable bonds is 5. The SMILES string of the molecule is O=C(Cc1ccccc1)NCc1nccc(N2CCCC2)n1. The van der Waals surface area contributed by atoms with Gasteiger partial charge in [-0.05, 0) is 24.5 Å². The number of nitrogens with one attached hydrogen (secondary N) is 1. The largest absolute Gasteiger partial charge is 0.357 e. The normalized spacial score (nSPS) is 14.1. The van der Waals surface area contributed by atoms with Gasteiger partial charge in [0.15, 0.2) is 0 Å². The zero-order valence-electron chi connectivity index (χ0n) is 12.5. The zero-order chi connectivity index (χ0) is 15.2. The molecule has 5 heteroatoms. The smallest absolute Gasteiger partial charge is 0.224 e. The number of anilines is 1. The molecule has 1 aliphatic heterocycles. The molecule has 1 aromatic carbocycles. The van der Waals surface area contributed by atoms with E-state index in [1.165, 1.54) is 12.8 Å². The van der Waals surface area contributed by atoms with E-state index in [0.29, 0.717) is 18.8 Å². The highest BCUT2D eigenvalue weighted by Crippen LogP contribution is 2.16. The van der Waals surface area contributed by atoms with Crippen molar-refractivity contribution in [2.24, 2.45) is 0 Å². The first-order valence-electron chi connectivity index (χ1n) is 7.69. The third-order valence-electron chi connectivity index (χ3n) is 3.77. The average molecular weight is 296 g/mol.